The first-order chi connectivity index (χ1) is 17.8. The van der Waals surface area contributed by atoms with E-state index in [1.807, 2.05) is 0 Å². The molecular weight excluding hydrogens is 523 g/mol. The lowest BCUT2D eigenvalue weighted by Gasteiger charge is -2.24. The van der Waals surface area contributed by atoms with Crippen molar-refractivity contribution in [2.45, 2.75) is 25.6 Å². The number of carbonyl (C=O) groups is 1. The first-order valence-electron chi connectivity index (χ1n) is 11.5. The quantitative estimate of drug-likeness (QED) is 0.379. The molecule has 1 aliphatic rings. The fourth-order valence-corrected chi connectivity index (χ4v) is 4.67. The minimum absolute atomic E-state index is 0.0578. The van der Waals surface area contributed by atoms with E-state index in [1.165, 1.54) is 4.57 Å². The molecule has 0 radical (unpaired) electrons. The molecular formula is C25H22Cl2N4O6. The number of rotatable bonds is 7. The number of imidazole rings is 1. The van der Waals surface area contributed by atoms with Gasteiger partial charge in [0.2, 0.25) is 0 Å². The summed E-state index contributed by atoms with van der Waals surface area (Å²) >= 11 is 12.6. The standard InChI is InChI=1S/C25H22Cl2N4O6/c26-15-5-7-16(8-6-15)31-21-23(28-22(31)18-3-1-2-4-19(18)27)30(13-17-14-36-11-12-37-17)25(35)29(24(21)34)10-9-20(32)33/h1-8,17H,9-14H2,(H,32,33). The van der Waals surface area contributed by atoms with Crippen LogP contribution in [0.4, 0.5) is 0 Å². The minimum atomic E-state index is -1.13. The van der Waals surface area contributed by atoms with Crippen molar-refractivity contribution in [2.75, 3.05) is 19.8 Å². The van der Waals surface area contributed by atoms with Gasteiger partial charge in [-0.25, -0.2) is 9.78 Å². The van der Waals surface area contributed by atoms with Crippen molar-refractivity contribution >= 4 is 40.3 Å². The van der Waals surface area contributed by atoms with Crippen molar-refractivity contribution in [3.05, 3.63) is 79.4 Å². The Morgan fingerprint density at radius 2 is 1.81 bits per heavy atom. The van der Waals surface area contributed by atoms with Gasteiger partial charge in [0.25, 0.3) is 5.56 Å². The maximum absolute atomic E-state index is 13.8. The maximum atomic E-state index is 13.8. The third kappa shape index (κ3) is 4.93. The number of hydrogen-bond acceptors (Lipinski definition) is 6. The van der Waals surface area contributed by atoms with Gasteiger partial charge in [-0.2, -0.15) is 0 Å². The lowest BCUT2D eigenvalue weighted by Crippen LogP contribution is -2.44. The Morgan fingerprint density at radius 3 is 2.49 bits per heavy atom. The molecule has 5 rings (SSSR count). The van der Waals surface area contributed by atoms with Gasteiger partial charge in [-0.15, -0.1) is 0 Å². The second-order valence-electron chi connectivity index (χ2n) is 8.46. The van der Waals surface area contributed by atoms with Crippen molar-refractivity contribution in [1.29, 1.82) is 0 Å². The molecule has 0 bridgehead atoms. The molecule has 1 aliphatic heterocycles. The maximum Gasteiger partial charge on any atom is 0.332 e. The SMILES string of the molecule is O=C(O)CCn1c(=O)c2c(nc(-c3ccccc3Cl)n2-c2ccc(Cl)cc2)n(CC2COCCO2)c1=O. The lowest BCUT2D eigenvalue weighted by atomic mass is 10.2. The Kier molecular flexibility index (Phi) is 7.16. The molecule has 0 spiro atoms. The average Bonchev–Trinajstić information content (AvgIpc) is 3.28. The number of carboxylic acids is 1. The number of halogens is 2. The van der Waals surface area contributed by atoms with E-state index in [2.05, 4.69) is 0 Å². The van der Waals surface area contributed by atoms with Gasteiger partial charge < -0.3 is 14.6 Å². The summed E-state index contributed by atoms with van der Waals surface area (Å²) in [6.45, 7) is 0.823. The normalized spacial score (nSPS) is 15.8. The van der Waals surface area contributed by atoms with Gasteiger partial charge in [0, 0.05) is 22.8 Å². The van der Waals surface area contributed by atoms with E-state index in [1.54, 1.807) is 53.1 Å². The number of benzene rings is 2. The molecule has 192 valence electrons. The van der Waals surface area contributed by atoms with E-state index in [0.717, 1.165) is 4.57 Å². The molecule has 37 heavy (non-hydrogen) atoms. The van der Waals surface area contributed by atoms with Crippen LogP contribution in [0.2, 0.25) is 10.0 Å². The van der Waals surface area contributed by atoms with Gasteiger partial charge in [0.05, 0.1) is 43.9 Å². The second kappa shape index (κ2) is 10.5. The second-order valence-corrected chi connectivity index (χ2v) is 9.30. The van der Waals surface area contributed by atoms with Gasteiger partial charge in [-0.1, -0.05) is 35.3 Å². The van der Waals surface area contributed by atoms with Crippen LogP contribution in [0, 0.1) is 0 Å². The Morgan fingerprint density at radius 1 is 1.05 bits per heavy atom. The zero-order valence-electron chi connectivity index (χ0n) is 19.5. The van der Waals surface area contributed by atoms with E-state index in [4.69, 9.17) is 37.7 Å². The summed E-state index contributed by atoms with van der Waals surface area (Å²) in [5.41, 5.74) is -0.0211. The fraction of sp³-hybridized carbons (Fsp3) is 0.280. The van der Waals surface area contributed by atoms with Gasteiger partial charge in [-0.05, 0) is 36.4 Å². The Bertz CT molecular complexity index is 1590. The molecule has 10 nitrogen and oxygen atoms in total. The molecule has 1 fully saturated rings. The summed E-state index contributed by atoms with van der Waals surface area (Å²) in [4.78, 5) is 43.4. The van der Waals surface area contributed by atoms with Crippen molar-refractivity contribution in [1.82, 2.24) is 18.7 Å². The van der Waals surface area contributed by atoms with Crippen molar-refractivity contribution in [3.63, 3.8) is 0 Å². The van der Waals surface area contributed by atoms with Crippen molar-refractivity contribution < 1.29 is 19.4 Å². The number of aromatic nitrogens is 4. The largest absolute Gasteiger partial charge is 0.481 e. The monoisotopic (exact) mass is 544 g/mol. The highest BCUT2D eigenvalue weighted by Crippen LogP contribution is 2.32. The molecule has 2 aromatic carbocycles. The molecule has 2 aromatic heterocycles. The highest BCUT2D eigenvalue weighted by Gasteiger charge is 2.26. The van der Waals surface area contributed by atoms with Crippen LogP contribution in [0.1, 0.15) is 6.42 Å². The number of nitrogens with zero attached hydrogens (tertiary/aromatic N) is 4. The van der Waals surface area contributed by atoms with Gasteiger partial charge in [0.1, 0.15) is 5.82 Å². The first-order valence-corrected chi connectivity index (χ1v) is 12.3. The predicted octanol–water partition coefficient (Wildman–Crippen LogP) is 3.21. The van der Waals surface area contributed by atoms with Crippen LogP contribution in [0.15, 0.2) is 58.1 Å². The molecule has 0 amide bonds. The number of aliphatic carboxylic acids is 1. The predicted molar refractivity (Wildman–Crippen MR) is 138 cm³/mol. The molecule has 12 heteroatoms. The molecule has 4 aromatic rings. The highest BCUT2D eigenvalue weighted by atomic mass is 35.5. The molecule has 3 heterocycles. The Hall–Kier alpha value is -3.44. The van der Waals surface area contributed by atoms with Crippen molar-refractivity contribution in [3.8, 4) is 17.1 Å². The fourth-order valence-electron chi connectivity index (χ4n) is 4.32. The summed E-state index contributed by atoms with van der Waals surface area (Å²) in [5, 5.41) is 10.1. The smallest absolute Gasteiger partial charge is 0.332 e. The topological polar surface area (TPSA) is 118 Å². The molecule has 1 N–H and O–H groups in total. The van der Waals surface area contributed by atoms with E-state index < -0.39 is 29.7 Å². The van der Waals surface area contributed by atoms with Crippen LogP contribution in [-0.2, 0) is 27.4 Å². The Balaban J connectivity index is 1.85. The number of hydrogen-bond donors (Lipinski definition) is 1. The number of carboxylic acid groups (broad SMARTS) is 1. The summed E-state index contributed by atoms with van der Waals surface area (Å²) in [6, 6.07) is 13.8. The molecule has 1 saturated heterocycles. The molecule has 1 unspecified atom stereocenters. The minimum Gasteiger partial charge on any atom is -0.481 e. The average molecular weight is 545 g/mol. The van der Waals surface area contributed by atoms with E-state index in [0.29, 0.717) is 40.3 Å². The van der Waals surface area contributed by atoms with Crippen LogP contribution in [0.25, 0.3) is 28.2 Å². The summed E-state index contributed by atoms with van der Waals surface area (Å²) in [5.74, 6) is -0.796. The first kappa shape index (κ1) is 25.2. The summed E-state index contributed by atoms with van der Waals surface area (Å²) in [6.07, 6.45) is -0.861. The lowest BCUT2D eigenvalue weighted by molar-refractivity contribution is -0.137. The van der Waals surface area contributed by atoms with Crippen LogP contribution < -0.4 is 11.2 Å². The van der Waals surface area contributed by atoms with Crippen LogP contribution in [0.3, 0.4) is 0 Å². The zero-order valence-corrected chi connectivity index (χ0v) is 21.0. The summed E-state index contributed by atoms with van der Waals surface area (Å²) < 4.78 is 15.1. The van der Waals surface area contributed by atoms with Gasteiger partial charge >= 0.3 is 11.7 Å². The van der Waals surface area contributed by atoms with Crippen molar-refractivity contribution in [2.24, 2.45) is 0 Å². The van der Waals surface area contributed by atoms with Crippen LogP contribution >= 0.6 is 23.2 Å². The van der Waals surface area contributed by atoms with Crippen LogP contribution in [0.5, 0.6) is 0 Å². The molecule has 1 atom stereocenters. The summed E-state index contributed by atoms with van der Waals surface area (Å²) in [7, 11) is 0. The number of ether oxygens (including phenoxy) is 2. The third-order valence-electron chi connectivity index (χ3n) is 6.04. The molecule has 0 aliphatic carbocycles. The Labute approximate surface area is 220 Å². The van der Waals surface area contributed by atoms with E-state index in [9.17, 15) is 19.5 Å². The van der Waals surface area contributed by atoms with Gasteiger partial charge in [0.15, 0.2) is 11.2 Å². The van der Waals surface area contributed by atoms with E-state index >= 15 is 0 Å². The molecule has 0 saturated carbocycles. The van der Waals surface area contributed by atoms with E-state index in [-0.39, 0.29) is 30.9 Å². The highest BCUT2D eigenvalue weighted by molar-refractivity contribution is 6.33. The third-order valence-corrected chi connectivity index (χ3v) is 6.63. The van der Waals surface area contributed by atoms with Crippen LogP contribution in [-0.4, -0.2) is 55.7 Å². The number of fused-ring (bicyclic) bond motifs is 1. The zero-order chi connectivity index (χ0) is 26.1. The van der Waals surface area contributed by atoms with Gasteiger partial charge in [-0.3, -0.25) is 23.3 Å².